The second-order valence-corrected chi connectivity index (χ2v) is 9.04. The Morgan fingerprint density at radius 1 is 1.15 bits per heavy atom. The molecule has 33 heavy (non-hydrogen) atoms. The van der Waals surface area contributed by atoms with Crippen LogP contribution in [0.2, 0.25) is 10.0 Å². The molecule has 2 amide bonds. The molecule has 2 aliphatic rings. The van der Waals surface area contributed by atoms with Crippen molar-refractivity contribution in [3.8, 4) is 5.75 Å². The van der Waals surface area contributed by atoms with Crippen LogP contribution >= 0.6 is 23.2 Å². The maximum Gasteiger partial charge on any atom is 0.491 e. The van der Waals surface area contributed by atoms with Crippen LogP contribution in [0.3, 0.4) is 0 Å². The van der Waals surface area contributed by atoms with E-state index in [1.165, 1.54) is 13.0 Å². The minimum Gasteiger partial charge on any atom is -0.419 e. The van der Waals surface area contributed by atoms with Gasteiger partial charge in [0.2, 0.25) is 11.8 Å². The van der Waals surface area contributed by atoms with E-state index in [0.717, 1.165) is 19.0 Å². The first-order valence-electron chi connectivity index (χ1n) is 10.5. The number of ether oxygens (including phenoxy) is 1. The largest absolute Gasteiger partial charge is 0.491 e. The Morgan fingerprint density at radius 3 is 2.33 bits per heavy atom. The summed E-state index contributed by atoms with van der Waals surface area (Å²) in [5, 5.41) is 5.84. The zero-order valence-corrected chi connectivity index (χ0v) is 19.3. The van der Waals surface area contributed by atoms with Crippen molar-refractivity contribution in [3.63, 3.8) is 0 Å². The predicted molar refractivity (Wildman–Crippen MR) is 115 cm³/mol. The van der Waals surface area contributed by atoms with Crippen LogP contribution in [0.25, 0.3) is 0 Å². The van der Waals surface area contributed by atoms with Gasteiger partial charge in [-0.3, -0.25) is 9.59 Å². The molecular weight excluding hydrogens is 486 g/mol. The monoisotopic (exact) mass is 509 g/mol. The standard InChI is InChI=1S/C21H24Cl2F3N3O4/c1-11(30)28-18(12-3-6-29(7-4-12)19(31)13-2-5-27-10-13)14-8-15(22)16(23)9-17(14)33-20(32)21(24,25)26/h8-9,12-13,18,27H,2-7,10H2,1H3,(H,28,30)/t13-,18?/m1/s1. The highest BCUT2D eigenvalue weighted by Crippen LogP contribution is 2.40. The molecule has 2 N–H and O–H groups in total. The Hall–Kier alpha value is -2.04. The minimum absolute atomic E-state index is 0.0372. The maximum atomic E-state index is 12.8. The number of nitrogens with one attached hydrogen (secondary N) is 2. The average Bonchev–Trinajstić information content (AvgIpc) is 3.28. The van der Waals surface area contributed by atoms with Crippen LogP contribution in [0.4, 0.5) is 13.2 Å². The van der Waals surface area contributed by atoms with Gasteiger partial charge in [-0.15, -0.1) is 0 Å². The van der Waals surface area contributed by atoms with Crippen LogP contribution in [0.5, 0.6) is 5.75 Å². The Kier molecular flexibility index (Phi) is 8.13. The molecule has 2 fully saturated rings. The van der Waals surface area contributed by atoms with E-state index in [4.69, 9.17) is 23.2 Å². The fraction of sp³-hybridized carbons (Fsp3) is 0.571. The second-order valence-electron chi connectivity index (χ2n) is 8.22. The fourth-order valence-corrected chi connectivity index (χ4v) is 4.60. The van der Waals surface area contributed by atoms with Crippen LogP contribution < -0.4 is 15.4 Å². The highest BCUT2D eigenvalue weighted by Gasteiger charge is 2.42. The van der Waals surface area contributed by atoms with Crippen molar-refractivity contribution in [2.75, 3.05) is 26.2 Å². The number of nitrogens with zero attached hydrogens (tertiary/aromatic N) is 1. The molecule has 0 radical (unpaired) electrons. The van der Waals surface area contributed by atoms with Gasteiger partial charge in [-0.25, -0.2) is 4.79 Å². The van der Waals surface area contributed by atoms with E-state index >= 15 is 0 Å². The summed E-state index contributed by atoms with van der Waals surface area (Å²) < 4.78 is 43.0. The number of carbonyl (C=O) groups excluding carboxylic acids is 3. The van der Waals surface area contributed by atoms with E-state index in [1.54, 1.807) is 4.90 Å². The van der Waals surface area contributed by atoms with Gasteiger partial charge in [-0.05, 0) is 37.8 Å². The third kappa shape index (κ3) is 6.30. The third-order valence-corrected chi connectivity index (χ3v) is 6.64. The molecule has 1 unspecified atom stereocenters. The number of piperidine rings is 1. The summed E-state index contributed by atoms with van der Waals surface area (Å²) in [6.07, 6.45) is -3.45. The molecule has 3 rings (SSSR count). The van der Waals surface area contributed by atoms with Crippen molar-refractivity contribution in [3.05, 3.63) is 27.7 Å². The molecule has 2 atom stereocenters. The van der Waals surface area contributed by atoms with Gasteiger partial charge in [0.15, 0.2) is 0 Å². The van der Waals surface area contributed by atoms with E-state index in [0.29, 0.717) is 32.5 Å². The maximum absolute atomic E-state index is 12.8. The van der Waals surface area contributed by atoms with Gasteiger partial charge in [0.1, 0.15) is 5.75 Å². The van der Waals surface area contributed by atoms with Gasteiger partial charge in [0.25, 0.3) is 0 Å². The number of carbonyl (C=O) groups is 3. The number of halogens is 5. The van der Waals surface area contributed by atoms with Crippen molar-refractivity contribution in [1.82, 2.24) is 15.5 Å². The van der Waals surface area contributed by atoms with Crippen LogP contribution in [-0.2, 0) is 14.4 Å². The van der Waals surface area contributed by atoms with Crippen molar-refractivity contribution in [2.24, 2.45) is 11.8 Å². The number of hydrogen-bond acceptors (Lipinski definition) is 5. The van der Waals surface area contributed by atoms with Crippen LogP contribution in [0.1, 0.15) is 37.8 Å². The topological polar surface area (TPSA) is 87.7 Å². The normalized spacial score (nSPS) is 20.4. The highest BCUT2D eigenvalue weighted by atomic mass is 35.5. The lowest BCUT2D eigenvalue weighted by atomic mass is 9.84. The second kappa shape index (κ2) is 10.5. The van der Waals surface area contributed by atoms with E-state index in [-0.39, 0.29) is 33.4 Å². The molecule has 0 aliphatic carbocycles. The molecule has 0 saturated carbocycles. The minimum atomic E-state index is -5.21. The molecule has 2 saturated heterocycles. The molecule has 0 bridgehead atoms. The van der Waals surface area contributed by atoms with Gasteiger partial charge in [0, 0.05) is 38.2 Å². The molecule has 1 aromatic rings. The first kappa shape index (κ1) is 25.6. The molecular formula is C21H24Cl2F3N3O4. The number of likely N-dealkylation sites (tertiary alicyclic amines) is 1. The Balaban J connectivity index is 1.84. The number of esters is 1. The summed E-state index contributed by atoms with van der Waals surface area (Å²) in [5.41, 5.74) is 0.113. The number of amides is 2. The summed E-state index contributed by atoms with van der Waals surface area (Å²) in [5.74, 6) is -3.48. The van der Waals surface area contributed by atoms with E-state index in [9.17, 15) is 27.6 Å². The summed E-state index contributed by atoms with van der Waals surface area (Å²) >= 11 is 12.1. The molecule has 7 nitrogen and oxygen atoms in total. The lowest BCUT2D eigenvalue weighted by molar-refractivity contribution is -0.189. The van der Waals surface area contributed by atoms with Crippen LogP contribution in [0, 0.1) is 11.8 Å². The number of benzene rings is 1. The molecule has 182 valence electrons. The van der Waals surface area contributed by atoms with Crippen molar-refractivity contribution in [1.29, 1.82) is 0 Å². The number of hydrogen-bond donors (Lipinski definition) is 2. The fourth-order valence-electron chi connectivity index (χ4n) is 4.28. The lowest BCUT2D eigenvalue weighted by Gasteiger charge is -2.37. The zero-order chi connectivity index (χ0) is 24.3. The Morgan fingerprint density at radius 2 is 1.79 bits per heavy atom. The Labute approximate surface area is 198 Å². The first-order valence-corrected chi connectivity index (χ1v) is 11.3. The van der Waals surface area contributed by atoms with Gasteiger partial charge >= 0.3 is 12.1 Å². The van der Waals surface area contributed by atoms with Crippen LogP contribution in [0.15, 0.2) is 12.1 Å². The Bertz CT molecular complexity index is 915. The SMILES string of the molecule is CC(=O)NC(c1cc(Cl)c(Cl)cc1OC(=O)C(F)(F)F)C1CCN(C(=O)[C@@H]2CCNC2)CC1. The first-order chi connectivity index (χ1) is 15.5. The van der Waals surface area contributed by atoms with Crippen molar-refractivity contribution < 1.29 is 32.3 Å². The van der Waals surface area contributed by atoms with Gasteiger partial charge in [-0.1, -0.05) is 23.2 Å². The van der Waals surface area contributed by atoms with Gasteiger partial charge in [-0.2, -0.15) is 13.2 Å². The molecule has 1 aromatic carbocycles. The smallest absolute Gasteiger partial charge is 0.419 e. The average molecular weight is 510 g/mol. The van der Waals surface area contributed by atoms with E-state index in [1.807, 2.05) is 0 Å². The van der Waals surface area contributed by atoms with Crippen LogP contribution in [-0.4, -0.2) is 55.0 Å². The summed E-state index contributed by atoms with van der Waals surface area (Å²) in [6, 6.07) is 1.54. The zero-order valence-electron chi connectivity index (χ0n) is 17.8. The molecule has 2 heterocycles. The third-order valence-electron chi connectivity index (χ3n) is 5.91. The quantitative estimate of drug-likeness (QED) is 0.468. The lowest BCUT2D eigenvalue weighted by Crippen LogP contribution is -2.45. The van der Waals surface area contributed by atoms with Gasteiger partial charge in [0.05, 0.1) is 22.0 Å². The number of rotatable bonds is 5. The number of alkyl halides is 3. The summed E-state index contributed by atoms with van der Waals surface area (Å²) in [7, 11) is 0. The molecule has 12 heteroatoms. The molecule has 0 aromatic heterocycles. The summed E-state index contributed by atoms with van der Waals surface area (Å²) in [4.78, 5) is 37.9. The van der Waals surface area contributed by atoms with E-state index in [2.05, 4.69) is 15.4 Å². The van der Waals surface area contributed by atoms with Crippen molar-refractivity contribution >= 4 is 41.0 Å². The summed E-state index contributed by atoms with van der Waals surface area (Å²) in [6.45, 7) is 3.60. The highest BCUT2D eigenvalue weighted by molar-refractivity contribution is 6.42. The van der Waals surface area contributed by atoms with Gasteiger partial charge < -0.3 is 20.3 Å². The predicted octanol–water partition coefficient (Wildman–Crippen LogP) is 3.49. The van der Waals surface area contributed by atoms with Crippen molar-refractivity contribution in [2.45, 2.75) is 38.4 Å². The molecule has 0 spiro atoms. The molecule has 2 aliphatic heterocycles. The van der Waals surface area contributed by atoms with E-state index < -0.39 is 29.8 Å².